The summed E-state index contributed by atoms with van der Waals surface area (Å²) in [5, 5.41) is 0. The molecule has 1 heterocycles. The highest BCUT2D eigenvalue weighted by Gasteiger charge is 2.31. The minimum absolute atomic E-state index is 0.183. The maximum absolute atomic E-state index is 12.0. The molecule has 2 aliphatic rings. The fraction of sp³-hybridized carbons (Fsp3) is 0.533. The average molecular weight is 233 g/mol. The molecule has 2 rings (SSSR count). The predicted octanol–water partition coefficient (Wildman–Crippen LogP) is 3.47. The van der Waals surface area contributed by atoms with E-state index in [1.54, 1.807) is 0 Å². The summed E-state index contributed by atoms with van der Waals surface area (Å²) in [7, 11) is 0. The van der Waals surface area contributed by atoms with Gasteiger partial charge in [-0.05, 0) is 38.8 Å². The normalized spacial score (nSPS) is 18.8. The largest absolute Gasteiger partial charge is 0.332 e. The molecule has 2 nitrogen and oxygen atoms in total. The number of hydrogen-bond donors (Lipinski definition) is 0. The molecule has 0 aromatic heterocycles. The molecule has 0 spiro atoms. The number of fused-ring (bicyclic) bond motifs is 1. The van der Waals surface area contributed by atoms with Crippen LogP contribution < -0.4 is 0 Å². The summed E-state index contributed by atoms with van der Waals surface area (Å²) in [6.45, 7) is 11.0. The van der Waals surface area contributed by atoms with E-state index in [1.807, 2.05) is 24.8 Å². The van der Waals surface area contributed by atoms with Crippen molar-refractivity contribution >= 4 is 5.91 Å². The summed E-state index contributed by atoms with van der Waals surface area (Å²) in [4.78, 5) is 14.0. The minimum atomic E-state index is 0.183. The molecule has 1 fully saturated rings. The number of allylic oxidation sites excluding steroid dienone is 4. The van der Waals surface area contributed by atoms with E-state index in [9.17, 15) is 4.79 Å². The van der Waals surface area contributed by atoms with Crippen LogP contribution in [0.25, 0.3) is 0 Å². The van der Waals surface area contributed by atoms with E-state index in [-0.39, 0.29) is 11.9 Å². The molecule has 0 aromatic rings. The van der Waals surface area contributed by atoms with Crippen LogP contribution in [0.15, 0.2) is 34.9 Å². The van der Waals surface area contributed by atoms with Crippen molar-refractivity contribution < 1.29 is 4.79 Å². The second-order valence-corrected chi connectivity index (χ2v) is 4.55. The zero-order chi connectivity index (χ0) is 13.0. The molecule has 0 N–H and O–H groups in total. The van der Waals surface area contributed by atoms with Crippen LogP contribution in [-0.4, -0.2) is 23.4 Å². The number of likely N-dealkylation sites (tertiary alicyclic amines) is 1. The van der Waals surface area contributed by atoms with Crippen LogP contribution in [0.3, 0.4) is 0 Å². The van der Waals surface area contributed by atoms with Gasteiger partial charge in [-0.2, -0.15) is 0 Å². The zero-order valence-corrected chi connectivity index (χ0v) is 11.6. The van der Waals surface area contributed by atoms with Crippen LogP contribution in [0.5, 0.6) is 0 Å². The Morgan fingerprint density at radius 2 is 1.88 bits per heavy atom. The van der Waals surface area contributed by atoms with E-state index in [4.69, 9.17) is 0 Å². The van der Waals surface area contributed by atoms with Crippen LogP contribution in [0.2, 0.25) is 0 Å². The summed E-state index contributed by atoms with van der Waals surface area (Å²) in [6, 6.07) is 0.288. The first kappa shape index (κ1) is 13.8. The van der Waals surface area contributed by atoms with E-state index in [0.29, 0.717) is 0 Å². The fourth-order valence-electron chi connectivity index (χ4n) is 1.98. The molecule has 1 aliphatic heterocycles. The maximum Gasteiger partial charge on any atom is 0.254 e. The third-order valence-electron chi connectivity index (χ3n) is 3.01. The van der Waals surface area contributed by atoms with Crippen LogP contribution in [0.1, 0.15) is 41.0 Å². The monoisotopic (exact) mass is 233 g/mol. The third kappa shape index (κ3) is 2.87. The molecule has 1 aliphatic carbocycles. The minimum Gasteiger partial charge on any atom is -0.332 e. The molecule has 94 valence electrons. The van der Waals surface area contributed by atoms with E-state index in [2.05, 4.69) is 32.9 Å². The predicted molar refractivity (Wildman–Crippen MR) is 72.7 cm³/mol. The number of nitrogens with zero attached hydrogens (tertiary/aromatic N) is 1. The smallest absolute Gasteiger partial charge is 0.254 e. The lowest BCUT2D eigenvalue weighted by Gasteiger charge is -2.19. The van der Waals surface area contributed by atoms with E-state index in [0.717, 1.165) is 18.5 Å². The maximum atomic E-state index is 12.0. The van der Waals surface area contributed by atoms with Crippen molar-refractivity contribution in [3.05, 3.63) is 34.9 Å². The van der Waals surface area contributed by atoms with Gasteiger partial charge in [-0.1, -0.05) is 31.6 Å². The summed E-state index contributed by atoms with van der Waals surface area (Å²) >= 11 is 0. The van der Waals surface area contributed by atoms with Crippen molar-refractivity contribution in [2.75, 3.05) is 6.54 Å². The molecule has 0 aromatic carbocycles. The molecule has 0 radical (unpaired) electrons. The highest BCUT2D eigenvalue weighted by atomic mass is 16.2. The molecule has 0 bridgehead atoms. The Bertz CT molecular complexity index is 386. The Morgan fingerprint density at radius 1 is 1.24 bits per heavy atom. The van der Waals surface area contributed by atoms with Crippen molar-refractivity contribution in [1.82, 2.24) is 4.90 Å². The van der Waals surface area contributed by atoms with Crippen LogP contribution in [0.4, 0.5) is 0 Å². The van der Waals surface area contributed by atoms with Crippen molar-refractivity contribution in [2.45, 2.75) is 47.1 Å². The van der Waals surface area contributed by atoms with Gasteiger partial charge < -0.3 is 4.90 Å². The molecule has 0 saturated carbocycles. The van der Waals surface area contributed by atoms with Crippen LogP contribution in [0, 0.1) is 0 Å². The molecular weight excluding hydrogens is 210 g/mol. The van der Waals surface area contributed by atoms with Crippen molar-refractivity contribution in [3.63, 3.8) is 0 Å². The second-order valence-electron chi connectivity index (χ2n) is 4.55. The van der Waals surface area contributed by atoms with E-state index in [1.165, 1.54) is 11.1 Å². The van der Waals surface area contributed by atoms with Gasteiger partial charge in [0.05, 0.1) is 0 Å². The van der Waals surface area contributed by atoms with Crippen molar-refractivity contribution in [2.24, 2.45) is 0 Å². The Morgan fingerprint density at radius 3 is 2.47 bits per heavy atom. The highest BCUT2D eigenvalue weighted by Crippen LogP contribution is 2.28. The van der Waals surface area contributed by atoms with E-state index < -0.39 is 0 Å². The summed E-state index contributed by atoms with van der Waals surface area (Å²) in [6.07, 6.45) is 7.18. The molecule has 1 amide bonds. The van der Waals surface area contributed by atoms with Crippen LogP contribution >= 0.6 is 0 Å². The first-order valence-corrected chi connectivity index (χ1v) is 6.47. The Balaban J connectivity index is 0.000000686. The van der Waals surface area contributed by atoms with Gasteiger partial charge >= 0.3 is 0 Å². The number of amides is 1. The molecule has 0 unspecified atom stereocenters. The molecule has 17 heavy (non-hydrogen) atoms. The Hall–Kier alpha value is -1.31. The topological polar surface area (TPSA) is 20.3 Å². The molecule has 2 heteroatoms. The Labute approximate surface area is 105 Å². The van der Waals surface area contributed by atoms with Crippen LogP contribution in [-0.2, 0) is 4.79 Å². The first-order valence-electron chi connectivity index (χ1n) is 6.47. The van der Waals surface area contributed by atoms with Gasteiger partial charge in [0.2, 0.25) is 0 Å². The lowest BCUT2D eigenvalue weighted by molar-refractivity contribution is -0.126. The average Bonchev–Trinajstić information content (AvgIpc) is 2.51. The molecule has 0 atom stereocenters. The zero-order valence-electron chi connectivity index (χ0n) is 11.6. The number of hydrogen-bond acceptors (Lipinski definition) is 1. The lowest BCUT2D eigenvalue weighted by atomic mass is 10.1. The Kier molecular flexibility index (Phi) is 4.73. The standard InChI is InChI=1S/C13H17NO.C2H6/c1-9(2)14-8-11-6-4-10(3)5-7-12(11)13(14)15;1-2/h5-7,9H,4,8H2,1-3H3;1-2H3. The van der Waals surface area contributed by atoms with Gasteiger partial charge in [-0.3, -0.25) is 4.79 Å². The van der Waals surface area contributed by atoms with Gasteiger partial charge in [0.25, 0.3) is 5.91 Å². The molecular formula is C15H23NO. The van der Waals surface area contributed by atoms with Gasteiger partial charge in [0.15, 0.2) is 0 Å². The fourth-order valence-corrected chi connectivity index (χ4v) is 1.98. The quantitative estimate of drug-likeness (QED) is 0.679. The van der Waals surface area contributed by atoms with Crippen molar-refractivity contribution in [3.8, 4) is 0 Å². The number of carbonyl (C=O) groups excluding carboxylic acids is 1. The summed E-state index contributed by atoms with van der Waals surface area (Å²) < 4.78 is 0. The number of rotatable bonds is 1. The van der Waals surface area contributed by atoms with Gasteiger partial charge in [0, 0.05) is 18.2 Å². The second kappa shape index (κ2) is 5.85. The van der Waals surface area contributed by atoms with E-state index >= 15 is 0 Å². The van der Waals surface area contributed by atoms with Gasteiger partial charge in [-0.25, -0.2) is 0 Å². The SMILES string of the molecule is CC.CC1=CC=C2C(=O)N(C(C)C)CC2=CC1. The highest BCUT2D eigenvalue weighted by molar-refractivity contribution is 6.01. The van der Waals surface area contributed by atoms with Gasteiger partial charge in [-0.15, -0.1) is 0 Å². The third-order valence-corrected chi connectivity index (χ3v) is 3.01. The summed E-state index contributed by atoms with van der Waals surface area (Å²) in [5.74, 6) is 0.183. The first-order chi connectivity index (χ1) is 8.09. The lowest BCUT2D eigenvalue weighted by Crippen LogP contribution is -2.32. The number of carbonyl (C=O) groups is 1. The molecule has 1 saturated heterocycles. The summed E-state index contributed by atoms with van der Waals surface area (Å²) in [5.41, 5.74) is 3.40. The van der Waals surface area contributed by atoms with Gasteiger partial charge in [0.1, 0.15) is 0 Å². The van der Waals surface area contributed by atoms with Crippen molar-refractivity contribution in [1.29, 1.82) is 0 Å².